The zero-order valence-corrected chi connectivity index (χ0v) is 27.9. The fourth-order valence-electron chi connectivity index (χ4n) is 6.19. The number of para-hydroxylation sites is 3. The Morgan fingerprint density at radius 1 is 0.457 bits per heavy atom. The molecule has 1 aliphatic carbocycles. The maximum Gasteiger partial charge on any atom is 0.188 e. The molecule has 5 heteroatoms. The first-order valence-corrected chi connectivity index (χ1v) is 17.0. The topological polar surface area (TPSA) is 41.3 Å². The first-order chi connectivity index (χ1) is 22.6. The lowest BCUT2D eigenvalue weighted by atomic mass is 9.91. The van der Waals surface area contributed by atoms with Crippen molar-refractivity contribution in [1.82, 2.24) is 0 Å². The number of hydrogen-bond acceptors (Lipinski definition) is 4. The fraction of sp³-hybridized carbons (Fsp3) is 0.390. The third-order valence-corrected chi connectivity index (χ3v) is 8.22. The maximum atomic E-state index is 7.98. The van der Waals surface area contributed by atoms with Crippen molar-refractivity contribution in [1.29, 1.82) is 0 Å². The molecule has 0 amide bonds. The quantitative estimate of drug-likeness (QED) is 0.131. The average molecular weight is 618 g/mol. The molecule has 0 radical (unpaired) electrons. The summed E-state index contributed by atoms with van der Waals surface area (Å²) in [4.78, 5) is 3.90. The van der Waals surface area contributed by atoms with Crippen LogP contribution in [0.3, 0.4) is 0 Å². The summed E-state index contributed by atoms with van der Waals surface area (Å²) in [6.45, 7) is 19.0. The standard InChI is InChI=1S/C41H47NO4/c1-6-19-43-38-29-13-10-14-30(38)24-32-16-12-18-34(40(32)45-21-8-3)26-36-28-37(42-5)27-35(41(36)46-22-9-4)25-33-17-11-15-31(23-29)39(33)44-20-7-2/h10-18,27-28H,6-9,19-26H2,1-4H3. The zero-order valence-electron chi connectivity index (χ0n) is 27.9. The van der Waals surface area contributed by atoms with Crippen molar-refractivity contribution in [3.63, 3.8) is 0 Å². The normalized spacial score (nSPS) is 12.2. The lowest BCUT2D eigenvalue weighted by Gasteiger charge is -2.23. The van der Waals surface area contributed by atoms with Crippen LogP contribution in [0.15, 0.2) is 66.7 Å². The van der Waals surface area contributed by atoms with Crippen LogP contribution in [0.2, 0.25) is 0 Å². The molecule has 0 spiro atoms. The molecule has 0 aliphatic heterocycles. The van der Waals surface area contributed by atoms with Crippen LogP contribution in [0.25, 0.3) is 4.85 Å². The molecule has 0 heterocycles. The Labute approximate surface area is 275 Å². The Morgan fingerprint density at radius 2 is 0.717 bits per heavy atom. The largest absolute Gasteiger partial charge is 0.493 e. The molecule has 0 fully saturated rings. The minimum atomic E-state index is 0.598. The second-order valence-electron chi connectivity index (χ2n) is 12.0. The number of nitrogens with zero attached hydrogens (tertiary/aromatic N) is 1. The van der Waals surface area contributed by atoms with Gasteiger partial charge in [0.15, 0.2) is 5.69 Å². The van der Waals surface area contributed by atoms with E-state index in [1.54, 1.807) is 0 Å². The Balaban J connectivity index is 1.78. The highest BCUT2D eigenvalue weighted by Crippen LogP contribution is 2.40. The molecule has 0 unspecified atom stereocenters. The van der Waals surface area contributed by atoms with Gasteiger partial charge in [0, 0.05) is 25.7 Å². The van der Waals surface area contributed by atoms with Gasteiger partial charge in [-0.1, -0.05) is 82.3 Å². The minimum absolute atomic E-state index is 0.598. The summed E-state index contributed by atoms with van der Waals surface area (Å²) >= 11 is 0. The number of rotatable bonds is 12. The highest BCUT2D eigenvalue weighted by atomic mass is 16.5. The Hall–Kier alpha value is -4.43. The van der Waals surface area contributed by atoms with Crippen LogP contribution < -0.4 is 18.9 Å². The predicted molar refractivity (Wildman–Crippen MR) is 186 cm³/mol. The van der Waals surface area contributed by atoms with Crippen LogP contribution >= 0.6 is 0 Å². The van der Waals surface area contributed by atoms with Crippen molar-refractivity contribution in [3.8, 4) is 23.0 Å². The monoisotopic (exact) mass is 617 g/mol. The molecule has 0 aromatic heterocycles. The second kappa shape index (κ2) is 16.2. The number of hydrogen-bond donors (Lipinski definition) is 0. The van der Waals surface area contributed by atoms with E-state index in [0.29, 0.717) is 57.8 Å². The third-order valence-electron chi connectivity index (χ3n) is 8.22. The molecule has 0 atom stereocenters. The van der Waals surface area contributed by atoms with Crippen molar-refractivity contribution >= 4 is 5.69 Å². The molecular weight excluding hydrogens is 570 g/mol. The van der Waals surface area contributed by atoms with E-state index < -0.39 is 0 Å². The molecule has 5 rings (SSSR count). The minimum Gasteiger partial charge on any atom is -0.493 e. The lowest BCUT2D eigenvalue weighted by Crippen LogP contribution is -2.10. The van der Waals surface area contributed by atoms with Crippen molar-refractivity contribution in [2.24, 2.45) is 0 Å². The van der Waals surface area contributed by atoms with Crippen molar-refractivity contribution < 1.29 is 18.9 Å². The van der Waals surface area contributed by atoms with Gasteiger partial charge in [-0.2, -0.15) is 0 Å². The van der Waals surface area contributed by atoms with Crippen molar-refractivity contribution in [3.05, 3.63) is 123 Å². The van der Waals surface area contributed by atoms with Crippen molar-refractivity contribution in [2.75, 3.05) is 26.4 Å². The molecule has 46 heavy (non-hydrogen) atoms. The lowest BCUT2D eigenvalue weighted by molar-refractivity contribution is 0.304. The van der Waals surface area contributed by atoms with Gasteiger partial charge in [-0.15, -0.1) is 0 Å². The summed E-state index contributed by atoms with van der Waals surface area (Å²) in [5, 5.41) is 0. The van der Waals surface area contributed by atoms with Gasteiger partial charge >= 0.3 is 0 Å². The van der Waals surface area contributed by atoms with Gasteiger partial charge in [0.25, 0.3) is 0 Å². The molecule has 4 aromatic carbocycles. The first-order valence-electron chi connectivity index (χ1n) is 17.0. The van der Waals surface area contributed by atoms with E-state index in [0.717, 1.165) is 93.2 Å². The molecule has 0 N–H and O–H groups in total. The van der Waals surface area contributed by atoms with Crippen LogP contribution in [0.1, 0.15) is 97.9 Å². The van der Waals surface area contributed by atoms with Gasteiger partial charge in [-0.25, -0.2) is 4.85 Å². The Morgan fingerprint density at radius 3 is 0.978 bits per heavy atom. The van der Waals surface area contributed by atoms with Crippen molar-refractivity contribution in [2.45, 2.75) is 79.1 Å². The molecule has 1 aliphatic rings. The van der Waals surface area contributed by atoms with E-state index in [1.165, 1.54) is 0 Å². The summed E-state index contributed by atoms with van der Waals surface area (Å²) in [7, 11) is 0. The molecule has 0 saturated heterocycles. The van der Waals surface area contributed by atoms with E-state index in [9.17, 15) is 0 Å². The highest BCUT2D eigenvalue weighted by Gasteiger charge is 2.22. The van der Waals surface area contributed by atoms with E-state index in [4.69, 9.17) is 25.5 Å². The molecule has 4 aromatic rings. The first kappa shape index (κ1) is 32.9. The third kappa shape index (κ3) is 7.68. The van der Waals surface area contributed by atoms with Crippen LogP contribution in [0.5, 0.6) is 23.0 Å². The van der Waals surface area contributed by atoms with E-state index in [1.807, 2.05) is 12.1 Å². The van der Waals surface area contributed by atoms with Gasteiger partial charge in [0.1, 0.15) is 23.0 Å². The Bertz CT molecular complexity index is 1570. The zero-order chi connectivity index (χ0) is 32.3. The smallest absolute Gasteiger partial charge is 0.188 e. The van der Waals surface area contributed by atoms with Gasteiger partial charge in [-0.05, 0) is 82.3 Å². The fourth-order valence-corrected chi connectivity index (χ4v) is 6.19. The predicted octanol–water partition coefficient (Wildman–Crippen LogP) is 10.1. The summed E-state index contributed by atoms with van der Waals surface area (Å²) in [6.07, 6.45) is 6.22. The summed E-state index contributed by atoms with van der Waals surface area (Å²) < 4.78 is 26.1. The highest BCUT2D eigenvalue weighted by molar-refractivity contribution is 5.61. The van der Waals surface area contributed by atoms with Crippen LogP contribution in [-0.2, 0) is 25.7 Å². The van der Waals surface area contributed by atoms with Crippen LogP contribution in [-0.4, -0.2) is 26.4 Å². The molecule has 8 bridgehead atoms. The maximum absolute atomic E-state index is 7.98. The molecular formula is C41H47NO4. The number of fused-ring (bicyclic) bond motifs is 8. The summed E-state index contributed by atoms with van der Waals surface area (Å²) in [5.41, 5.74) is 9.35. The SMILES string of the molecule is [C-]#[N+]c1cc2c(OCCC)c(c1)Cc1cccc(c1OCCC)Cc1cccc(c1OCCC)Cc1cccc(c1OCCC)C2. The van der Waals surface area contributed by atoms with E-state index in [2.05, 4.69) is 87.1 Å². The van der Waals surface area contributed by atoms with Gasteiger partial charge in [0.05, 0.1) is 33.0 Å². The van der Waals surface area contributed by atoms with E-state index >= 15 is 0 Å². The van der Waals surface area contributed by atoms with E-state index in [-0.39, 0.29) is 0 Å². The summed E-state index contributed by atoms with van der Waals surface area (Å²) in [6, 6.07) is 23.4. The second-order valence-corrected chi connectivity index (χ2v) is 12.0. The molecule has 240 valence electrons. The number of benzene rings is 4. The Kier molecular flexibility index (Phi) is 11.6. The average Bonchev–Trinajstić information content (AvgIpc) is 3.06. The molecule has 5 nitrogen and oxygen atoms in total. The number of ether oxygens (including phenoxy) is 4. The van der Waals surface area contributed by atoms with Gasteiger partial charge in [-0.3, -0.25) is 0 Å². The van der Waals surface area contributed by atoms with Gasteiger partial charge < -0.3 is 18.9 Å². The summed E-state index contributed by atoms with van der Waals surface area (Å²) in [5.74, 6) is 3.65. The molecule has 0 saturated carbocycles. The van der Waals surface area contributed by atoms with Crippen LogP contribution in [0.4, 0.5) is 5.69 Å². The van der Waals surface area contributed by atoms with Crippen LogP contribution in [0, 0.1) is 6.57 Å². The van der Waals surface area contributed by atoms with Gasteiger partial charge in [0.2, 0.25) is 0 Å².